The number of pyridine rings is 1. The lowest BCUT2D eigenvalue weighted by Gasteiger charge is -2.46. The van der Waals surface area contributed by atoms with Gasteiger partial charge < -0.3 is 24.6 Å². The van der Waals surface area contributed by atoms with Crippen LogP contribution in [0.15, 0.2) is 23.0 Å². The second kappa shape index (κ2) is 6.91. The third kappa shape index (κ3) is 2.95. The van der Waals surface area contributed by atoms with Gasteiger partial charge in [-0.05, 0) is 13.0 Å². The molecular weight excluding hydrogens is 400 g/mol. The Morgan fingerprint density at radius 1 is 1.33 bits per heavy atom. The normalized spacial score (nSPS) is 20.1. The Balaban J connectivity index is 1.78. The standard InChI is InChI=1S/C20H19F2N3O5/c1-20-8-24(2)19(29)15-17(27)16(26)14(13(25(15)20)7-30-9-20)18(28)23-6-10-3-4-11(21)5-12(10)22/h3-5,27H,6-9H2,1-2H3,(H,23,28). The Bertz CT molecular complexity index is 1150. The monoisotopic (exact) mass is 419 g/mol. The van der Waals surface area contributed by atoms with Gasteiger partial charge in [0.25, 0.3) is 11.8 Å². The number of aromatic hydroxyl groups is 1. The number of benzene rings is 1. The third-order valence-electron chi connectivity index (χ3n) is 5.45. The Morgan fingerprint density at radius 3 is 2.77 bits per heavy atom. The van der Waals surface area contributed by atoms with Crippen molar-refractivity contribution in [2.24, 2.45) is 0 Å². The minimum absolute atomic E-state index is 0.0265. The first-order valence-corrected chi connectivity index (χ1v) is 9.20. The number of rotatable bonds is 3. The zero-order valence-corrected chi connectivity index (χ0v) is 16.3. The second-order valence-electron chi connectivity index (χ2n) is 7.75. The van der Waals surface area contributed by atoms with Crippen LogP contribution in [0.25, 0.3) is 0 Å². The molecule has 1 unspecified atom stereocenters. The number of likely N-dealkylation sites (N-methyl/N-ethyl adjacent to an activating group) is 1. The molecule has 2 amide bonds. The summed E-state index contributed by atoms with van der Waals surface area (Å²) in [6.45, 7) is 1.86. The number of hydrogen-bond acceptors (Lipinski definition) is 5. The Hall–Kier alpha value is -3.27. The molecule has 0 saturated carbocycles. The minimum Gasteiger partial charge on any atom is -0.503 e. The third-order valence-corrected chi connectivity index (χ3v) is 5.45. The van der Waals surface area contributed by atoms with Crippen LogP contribution in [-0.2, 0) is 23.4 Å². The van der Waals surface area contributed by atoms with Crippen LogP contribution in [0.3, 0.4) is 0 Å². The van der Waals surface area contributed by atoms with Gasteiger partial charge in [0.05, 0.1) is 24.4 Å². The average Bonchev–Trinajstić information content (AvgIpc) is 2.67. The van der Waals surface area contributed by atoms with Gasteiger partial charge in [0.2, 0.25) is 5.43 Å². The molecule has 0 saturated heterocycles. The number of aromatic nitrogens is 1. The van der Waals surface area contributed by atoms with Gasteiger partial charge in [-0.25, -0.2) is 8.78 Å². The summed E-state index contributed by atoms with van der Waals surface area (Å²) >= 11 is 0. The number of amides is 2. The topological polar surface area (TPSA) is 101 Å². The van der Waals surface area contributed by atoms with Crippen LogP contribution in [0.1, 0.15) is 39.0 Å². The van der Waals surface area contributed by atoms with Crippen LogP contribution in [0, 0.1) is 11.6 Å². The van der Waals surface area contributed by atoms with E-state index in [1.807, 2.05) is 0 Å². The van der Waals surface area contributed by atoms with E-state index in [1.54, 1.807) is 14.0 Å². The van der Waals surface area contributed by atoms with E-state index >= 15 is 0 Å². The first-order chi connectivity index (χ1) is 14.1. The molecule has 30 heavy (non-hydrogen) atoms. The molecule has 2 N–H and O–H groups in total. The summed E-state index contributed by atoms with van der Waals surface area (Å²) in [5, 5.41) is 12.9. The summed E-state index contributed by atoms with van der Waals surface area (Å²) in [4.78, 5) is 39.6. The van der Waals surface area contributed by atoms with Gasteiger partial charge in [-0.3, -0.25) is 14.4 Å². The first-order valence-electron chi connectivity index (χ1n) is 9.20. The number of carbonyl (C=O) groups is 2. The smallest absolute Gasteiger partial charge is 0.274 e. The predicted octanol–water partition coefficient (Wildman–Crippen LogP) is 1.09. The molecule has 0 fully saturated rings. The lowest BCUT2D eigenvalue weighted by molar-refractivity contribution is -0.0142. The fourth-order valence-electron chi connectivity index (χ4n) is 4.11. The zero-order chi connectivity index (χ0) is 21.8. The van der Waals surface area contributed by atoms with Crippen LogP contribution in [-0.4, -0.2) is 46.6 Å². The van der Waals surface area contributed by atoms with Gasteiger partial charge in [0, 0.05) is 31.8 Å². The fourth-order valence-corrected chi connectivity index (χ4v) is 4.11. The van der Waals surface area contributed by atoms with Crippen molar-refractivity contribution in [2.45, 2.75) is 25.6 Å². The summed E-state index contributed by atoms with van der Waals surface area (Å²) in [6.07, 6.45) is 0. The molecule has 10 heteroatoms. The molecule has 0 aliphatic carbocycles. The number of nitrogens with zero attached hydrogens (tertiary/aromatic N) is 2. The van der Waals surface area contributed by atoms with Gasteiger partial charge >= 0.3 is 0 Å². The maximum Gasteiger partial charge on any atom is 0.274 e. The Morgan fingerprint density at radius 2 is 2.07 bits per heavy atom. The molecule has 3 heterocycles. The van der Waals surface area contributed by atoms with Crippen LogP contribution in [0.2, 0.25) is 0 Å². The molecule has 1 aromatic carbocycles. The largest absolute Gasteiger partial charge is 0.503 e. The highest BCUT2D eigenvalue weighted by Crippen LogP contribution is 2.35. The van der Waals surface area contributed by atoms with E-state index in [1.165, 1.54) is 15.5 Å². The van der Waals surface area contributed by atoms with E-state index in [-0.39, 0.29) is 48.8 Å². The van der Waals surface area contributed by atoms with E-state index in [9.17, 15) is 28.3 Å². The maximum absolute atomic E-state index is 13.8. The fraction of sp³-hybridized carbons (Fsp3) is 0.350. The van der Waals surface area contributed by atoms with Crippen molar-refractivity contribution in [1.82, 2.24) is 14.8 Å². The van der Waals surface area contributed by atoms with Gasteiger partial charge in [-0.15, -0.1) is 0 Å². The molecule has 1 aromatic heterocycles. The number of hydrogen-bond donors (Lipinski definition) is 2. The SMILES string of the molecule is CN1CC2(C)COCc3c(C(=O)NCc4ccc(F)cc4F)c(=O)c(O)c(n32)C1=O. The predicted molar refractivity (Wildman–Crippen MR) is 100 cm³/mol. The molecule has 158 valence electrons. The van der Waals surface area contributed by atoms with E-state index in [2.05, 4.69) is 5.32 Å². The van der Waals surface area contributed by atoms with Crippen molar-refractivity contribution in [3.05, 3.63) is 62.6 Å². The van der Waals surface area contributed by atoms with Crippen LogP contribution >= 0.6 is 0 Å². The quantitative estimate of drug-likeness (QED) is 0.776. The molecule has 1 atom stereocenters. The Kier molecular flexibility index (Phi) is 4.61. The highest BCUT2D eigenvalue weighted by Gasteiger charge is 2.45. The van der Waals surface area contributed by atoms with E-state index in [0.29, 0.717) is 6.07 Å². The lowest BCUT2D eigenvalue weighted by atomic mass is 9.93. The summed E-state index contributed by atoms with van der Waals surface area (Å²) in [6, 6.07) is 2.92. The van der Waals surface area contributed by atoms with Crippen LogP contribution < -0.4 is 10.7 Å². The Labute approximate surface area is 169 Å². The zero-order valence-electron chi connectivity index (χ0n) is 16.3. The summed E-state index contributed by atoms with van der Waals surface area (Å²) in [7, 11) is 1.55. The molecule has 2 aliphatic rings. The average molecular weight is 419 g/mol. The summed E-state index contributed by atoms with van der Waals surface area (Å²) in [5.74, 6) is -3.81. The van der Waals surface area contributed by atoms with E-state index in [0.717, 1.165) is 6.07 Å². The minimum atomic E-state index is -1.01. The van der Waals surface area contributed by atoms with Crippen molar-refractivity contribution in [3.8, 4) is 5.75 Å². The molecule has 2 aromatic rings. The van der Waals surface area contributed by atoms with Crippen molar-refractivity contribution >= 4 is 11.8 Å². The molecule has 4 rings (SSSR count). The molecule has 0 bridgehead atoms. The van der Waals surface area contributed by atoms with E-state index in [4.69, 9.17) is 4.74 Å². The van der Waals surface area contributed by atoms with Crippen molar-refractivity contribution in [1.29, 1.82) is 0 Å². The number of carbonyl (C=O) groups excluding carboxylic acids is 2. The van der Waals surface area contributed by atoms with Gasteiger partial charge in [0.15, 0.2) is 11.4 Å². The van der Waals surface area contributed by atoms with Gasteiger partial charge in [-0.1, -0.05) is 6.07 Å². The highest BCUT2D eigenvalue weighted by molar-refractivity contribution is 6.00. The molecule has 2 aliphatic heterocycles. The van der Waals surface area contributed by atoms with E-state index < -0.39 is 40.2 Å². The number of halogens is 2. The second-order valence-corrected chi connectivity index (χ2v) is 7.75. The number of ether oxygens (including phenoxy) is 1. The number of nitrogens with one attached hydrogen (secondary N) is 1. The van der Waals surface area contributed by atoms with Crippen LogP contribution in [0.5, 0.6) is 5.75 Å². The highest BCUT2D eigenvalue weighted by atomic mass is 19.1. The molecule has 0 radical (unpaired) electrons. The van der Waals surface area contributed by atoms with Crippen molar-refractivity contribution in [2.75, 3.05) is 20.2 Å². The van der Waals surface area contributed by atoms with Crippen molar-refractivity contribution in [3.63, 3.8) is 0 Å². The van der Waals surface area contributed by atoms with Gasteiger partial charge in [0.1, 0.15) is 17.2 Å². The molecular formula is C20H19F2N3O5. The summed E-state index contributed by atoms with van der Waals surface area (Å²) in [5.41, 5.74) is -2.16. The van der Waals surface area contributed by atoms with Gasteiger partial charge in [-0.2, -0.15) is 0 Å². The molecule has 8 nitrogen and oxygen atoms in total. The van der Waals surface area contributed by atoms with Crippen LogP contribution in [0.4, 0.5) is 8.78 Å². The molecule has 0 spiro atoms. The lowest BCUT2D eigenvalue weighted by Crippen LogP contribution is -2.57. The maximum atomic E-state index is 13.8. The summed E-state index contributed by atoms with van der Waals surface area (Å²) < 4.78 is 34.0. The first kappa shape index (κ1) is 20.0. The van der Waals surface area contributed by atoms with Crippen molar-refractivity contribution < 1.29 is 28.2 Å².